The van der Waals surface area contributed by atoms with Crippen molar-refractivity contribution in [1.29, 1.82) is 0 Å². The van der Waals surface area contributed by atoms with E-state index >= 15 is 0 Å². The fourth-order valence-corrected chi connectivity index (χ4v) is 4.47. The second-order valence-electron chi connectivity index (χ2n) is 9.27. The molecule has 0 N–H and O–H groups in total. The van der Waals surface area contributed by atoms with Gasteiger partial charge in [0.1, 0.15) is 17.5 Å². The molecule has 2 aromatic rings. The smallest absolute Gasteiger partial charge is 0.410 e. The first-order valence-electron chi connectivity index (χ1n) is 11.2. The van der Waals surface area contributed by atoms with Gasteiger partial charge in [-0.25, -0.2) is 4.79 Å². The molecule has 1 atom stereocenters. The van der Waals surface area contributed by atoms with Crippen LogP contribution in [0.15, 0.2) is 53.4 Å². The molecule has 2 aromatic carbocycles. The van der Waals surface area contributed by atoms with Gasteiger partial charge in [-0.1, -0.05) is 35.9 Å². The topological polar surface area (TPSA) is 82.1 Å². The Bertz CT molecular complexity index is 1020. The number of hydrogen-bond acceptors (Lipinski definition) is 6. The lowest BCUT2D eigenvalue weighted by atomic mass is 10.1. The highest BCUT2D eigenvalue weighted by Gasteiger charge is 2.29. The first-order valence-corrected chi connectivity index (χ1v) is 12.6. The van der Waals surface area contributed by atoms with Gasteiger partial charge in [-0.2, -0.15) is 8.42 Å². The highest BCUT2D eigenvalue weighted by Crippen LogP contribution is 2.28. The number of aryl methyl sites for hydroxylation is 1. The summed E-state index contributed by atoms with van der Waals surface area (Å²) in [5.74, 6) is 0.848. The van der Waals surface area contributed by atoms with Crippen molar-refractivity contribution in [1.82, 2.24) is 4.90 Å². The number of fused-ring (bicyclic) bond motifs is 1. The summed E-state index contributed by atoms with van der Waals surface area (Å²) in [6, 6.07) is 14.4. The normalized spacial score (nSPS) is 15.6. The average Bonchev–Trinajstić information content (AvgIpc) is 3.14. The molecule has 1 aliphatic heterocycles. The summed E-state index contributed by atoms with van der Waals surface area (Å²) >= 11 is 0. The minimum Gasteiger partial charge on any atom is -0.488 e. The maximum Gasteiger partial charge on any atom is 0.410 e. The molecule has 0 saturated carbocycles. The van der Waals surface area contributed by atoms with Crippen molar-refractivity contribution in [3.05, 3.63) is 59.7 Å². The first kappa shape index (κ1) is 25.1. The average molecular weight is 476 g/mol. The molecule has 1 heterocycles. The van der Waals surface area contributed by atoms with Gasteiger partial charge in [0.2, 0.25) is 0 Å². The summed E-state index contributed by atoms with van der Waals surface area (Å²) in [7, 11) is -3.79. The van der Waals surface area contributed by atoms with Gasteiger partial charge in [-0.15, -0.1) is 0 Å². The number of benzene rings is 2. The monoisotopic (exact) mass is 475 g/mol. The van der Waals surface area contributed by atoms with Gasteiger partial charge in [0, 0.05) is 13.0 Å². The minimum absolute atomic E-state index is 0.0454. The molecule has 0 aromatic heterocycles. The number of para-hydroxylation sites is 1. The maximum atomic E-state index is 12.8. The molecule has 0 aliphatic carbocycles. The van der Waals surface area contributed by atoms with E-state index in [0.29, 0.717) is 25.9 Å². The molecular formula is C25H33NO6S. The summed E-state index contributed by atoms with van der Waals surface area (Å²) in [5, 5.41) is 0. The largest absolute Gasteiger partial charge is 0.488 e. The lowest BCUT2D eigenvalue weighted by molar-refractivity contribution is 0.0177. The summed E-state index contributed by atoms with van der Waals surface area (Å²) in [6.07, 6.45) is 1.23. The van der Waals surface area contributed by atoms with Crippen LogP contribution >= 0.6 is 0 Å². The fourth-order valence-electron chi connectivity index (χ4n) is 3.53. The Kier molecular flexibility index (Phi) is 8.02. The van der Waals surface area contributed by atoms with Crippen LogP contribution in [0, 0.1) is 6.92 Å². The van der Waals surface area contributed by atoms with Crippen molar-refractivity contribution < 1.29 is 26.9 Å². The zero-order valence-corrected chi connectivity index (χ0v) is 20.6. The van der Waals surface area contributed by atoms with Crippen molar-refractivity contribution >= 4 is 16.2 Å². The van der Waals surface area contributed by atoms with Crippen molar-refractivity contribution in [2.75, 3.05) is 19.7 Å². The second kappa shape index (κ2) is 10.6. The predicted molar refractivity (Wildman–Crippen MR) is 126 cm³/mol. The Morgan fingerprint density at radius 3 is 2.45 bits per heavy atom. The third-order valence-electron chi connectivity index (χ3n) is 5.16. The van der Waals surface area contributed by atoms with Crippen molar-refractivity contribution in [3.63, 3.8) is 0 Å². The number of amides is 1. The van der Waals surface area contributed by atoms with Crippen LogP contribution in [0.2, 0.25) is 0 Å². The van der Waals surface area contributed by atoms with Crippen LogP contribution in [-0.2, 0) is 25.5 Å². The molecule has 0 spiro atoms. The van der Waals surface area contributed by atoms with Crippen LogP contribution in [0.5, 0.6) is 5.75 Å². The molecule has 1 aliphatic rings. The van der Waals surface area contributed by atoms with Crippen molar-refractivity contribution in [2.24, 2.45) is 0 Å². The van der Waals surface area contributed by atoms with E-state index in [9.17, 15) is 13.2 Å². The molecule has 3 rings (SSSR count). The van der Waals surface area contributed by atoms with Gasteiger partial charge in [0.25, 0.3) is 10.1 Å². The zero-order chi connectivity index (χ0) is 24.1. The van der Waals surface area contributed by atoms with Gasteiger partial charge >= 0.3 is 6.09 Å². The van der Waals surface area contributed by atoms with Gasteiger partial charge < -0.3 is 14.4 Å². The number of carbonyl (C=O) groups excluding carboxylic acids is 1. The number of rotatable bonds is 9. The summed E-state index contributed by atoms with van der Waals surface area (Å²) in [6.45, 7) is 8.23. The fraction of sp³-hybridized carbons (Fsp3) is 0.480. The van der Waals surface area contributed by atoms with Crippen molar-refractivity contribution in [3.8, 4) is 5.75 Å². The van der Waals surface area contributed by atoms with Crippen molar-refractivity contribution in [2.45, 2.75) is 63.6 Å². The van der Waals surface area contributed by atoms with E-state index in [-0.39, 0.29) is 17.6 Å². The summed E-state index contributed by atoms with van der Waals surface area (Å²) in [4.78, 5) is 14.6. The van der Waals surface area contributed by atoms with Crippen LogP contribution in [0.1, 0.15) is 44.7 Å². The zero-order valence-electron chi connectivity index (χ0n) is 19.7. The molecule has 1 unspecified atom stereocenters. The number of ether oxygens (including phenoxy) is 2. The third-order valence-corrected chi connectivity index (χ3v) is 6.49. The number of hydrogen-bond donors (Lipinski definition) is 0. The maximum absolute atomic E-state index is 12.8. The molecule has 0 saturated heterocycles. The number of nitrogens with zero attached hydrogens (tertiary/aromatic N) is 1. The molecular weight excluding hydrogens is 442 g/mol. The van der Waals surface area contributed by atoms with E-state index in [1.807, 2.05) is 52.0 Å². The lowest BCUT2D eigenvalue weighted by Crippen LogP contribution is -2.42. The molecule has 1 amide bonds. The van der Waals surface area contributed by atoms with E-state index < -0.39 is 21.8 Å². The van der Waals surface area contributed by atoms with Crippen LogP contribution in [0.4, 0.5) is 4.79 Å². The highest BCUT2D eigenvalue weighted by atomic mass is 32.2. The van der Waals surface area contributed by atoms with Gasteiger partial charge in [0.15, 0.2) is 0 Å². The Morgan fingerprint density at radius 2 is 1.79 bits per heavy atom. The Morgan fingerprint density at radius 1 is 1.09 bits per heavy atom. The molecule has 0 fully saturated rings. The molecule has 33 heavy (non-hydrogen) atoms. The third kappa shape index (κ3) is 7.47. The van der Waals surface area contributed by atoms with E-state index in [1.165, 1.54) is 12.1 Å². The van der Waals surface area contributed by atoms with E-state index in [0.717, 1.165) is 23.3 Å². The van der Waals surface area contributed by atoms with Gasteiger partial charge in [-0.05, 0) is 64.3 Å². The lowest BCUT2D eigenvalue weighted by Gasteiger charge is -2.29. The first-order chi connectivity index (χ1) is 15.5. The summed E-state index contributed by atoms with van der Waals surface area (Å²) < 4.78 is 41.4. The Labute approximate surface area is 196 Å². The molecule has 180 valence electrons. The predicted octanol–water partition coefficient (Wildman–Crippen LogP) is 4.72. The Hall–Kier alpha value is -2.58. The summed E-state index contributed by atoms with van der Waals surface area (Å²) in [5.41, 5.74) is 1.49. The SMILES string of the molecule is Cc1ccc(S(=O)(=O)OCCCCN(CC2Cc3ccccc3O2)C(=O)OC(C)(C)C)cc1. The quantitative estimate of drug-likeness (QED) is 0.386. The molecule has 0 bridgehead atoms. The van der Waals surface area contributed by atoms with Crippen LogP contribution < -0.4 is 4.74 Å². The van der Waals surface area contributed by atoms with Gasteiger partial charge in [0.05, 0.1) is 18.0 Å². The van der Waals surface area contributed by atoms with E-state index in [4.69, 9.17) is 13.7 Å². The minimum atomic E-state index is -3.79. The van der Waals surface area contributed by atoms with E-state index in [2.05, 4.69) is 0 Å². The number of unbranched alkanes of at least 4 members (excludes halogenated alkanes) is 1. The Balaban J connectivity index is 1.52. The van der Waals surface area contributed by atoms with Gasteiger partial charge in [-0.3, -0.25) is 4.18 Å². The molecule has 8 heteroatoms. The standard InChI is InChI=1S/C25H33NO6S/c1-19-11-13-22(14-12-19)33(28,29)30-16-8-7-15-26(24(27)32-25(2,3)4)18-21-17-20-9-5-6-10-23(20)31-21/h5-6,9-14,21H,7-8,15-18H2,1-4H3. The molecule has 7 nitrogen and oxygen atoms in total. The number of carbonyl (C=O) groups is 1. The van der Waals surface area contributed by atoms with Crippen LogP contribution in [0.3, 0.4) is 0 Å². The van der Waals surface area contributed by atoms with Crippen LogP contribution in [0.25, 0.3) is 0 Å². The van der Waals surface area contributed by atoms with E-state index in [1.54, 1.807) is 17.0 Å². The van der Waals surface area contributed by atoms with Crippen LogP contribution in [-0.4, -0.2) is 50.8 Å². The highest BCUT2D eigenvalue weighted by molar-refractivity contribution is 7.86. The molecule has 0 radical (unpaired) electrons. The second-order valence-corrected chi connectivity index (χ2v) is 10.9.